The fourth-order valence-corrected chi connectivity index (χ4v) is 1.91. The molecule has 4 heteroatoms. The molecule has 14 heavy (non-hydrogen) atoms. The highest BCUT2D eigenvalue weighted by Gasteiger charge is 2.06. The van der Waals surface area contributed by atoms with Crippen LogP contribution in [-0.2, 0) is 7.05 Å². The summed E-state index contributed by atoms with van der Waals surface area (Å²) in [5, 5.41) is 1.43. The molecular weight excluding hydrogens is 244 g/mol. The molecule has 0 unspecified atom stereocenters. The zero-order chi connectivity index (χ0) is 10.3. The van der Waals surface area contributed by atoms with Gasteiger partial charge in [0.2, 0.25) is 0 Å². The van der Waals surface area contributed by atoms with Gasteiger partial charge in [0.25, 0.3) is 5.56 Å². The second-order valence-corrected chi connectivity index (χ2v) is 4.01. The van der Waals surface area contributed by atoms with Gasteiger partial charge in [-0.3, -0.25) is 4.79 Å². The van der Waals surface area contributed by atoms with Crippen molar-refractivity contribution in [3.8, 4) is 0 Å². The molecule has 0 fully saturated rings. The van der Waals surface area contributed by atoms with Crippen LogP contribution < -0.4 is 11.3 Å². The van der Waals surface area contributed by atoms with Gasteiger partial charge in [0.1, 0.15) is 0 Å². The van der Waals surface area contributed by atoms with E-state index in [1.54, 1.807) is 19.3 Å². The number of nitrogen functional groups attached to an aromatic ring is 1. The maximum atomic E-state index is 11.8. The smallest absolute Gasteiger partial charge is 0.260 e. The molecule has 0 saturated heterocycles. The lowest BCUT2D eigenvalue weighted by molar-refractivity contribution is 0.873. The third-order valence-corrected chi connectivity index (χ3v) is 2.92. The van der Waals surface area contributed by atoms with Crippen LogP contribution in [0, 0.1) is 0 Å². The number of halogens is 1. The van der Waals surface area contributed by atoms with Crippen molar-refractivity contribution in [2.45, 2.75) is 0 Å². The van der Waals surface area contributed by atoms with Gasteiger partial charge < -0.3 is 10.3 Å². The number of anilines is 1. The van der Waals surface area contributed by atoms with E-state index in [0.717, 1.165) is 9.86 Å². The highest BCUT2D eigenvalue weighted by Crippen LogP contribution is 2.25. The van der Waals surface area contributed by atoms with Crippen molar-refractivity contribution >= 4 is 32.4 Å². The normalized spacial score (nSPS) is 10.7. The van der Waals surface area contributed by atoms with Gasteiger partial charge in [-0.15, -0.1) is 0 Å². The Morgan fingerprint density at radius 3 is 2.79 bits per heavy atom. The predicted molar refractivity (Wildman–Crippen MR) is 61.3 cm³/mol. The topological polar surface area (TPSA) is 48.0 Å². The number of aromatic nitrogens is 1. The van der Waals surface area contributed by atoms with Crippen LogP contribution in [0.2, 0.25) is 0 Å². The van der Waals surface area contributed by atoms with Crippen LogP contribution in [-0.4, -0.2) is 4.57 Å². The average Bonchev–Trinajstić information content (AvgIpc) is 2.16. The van der Waals surface area contributed by atoms with Gasteiger partial charge >= 0.3 is 0 Å². The predicted octanol–water partition coefficient (Wildman–Crippen LogP) is 1.88. The molecule has 2 aromatic rings. The first kappa shape index (κ1) is 9.27. The van der Waals surface area contributed by atoms with E-state index < -0.39 is 0 Å². The van der Waals surface area contributed by atoms with Crippen LogP contribution in [0.15, 0.2) is 33.7 Å². The monoisotopic (exact) mass is 252 g/mol. The summed E-state index contributed by atoms with van der Waals surface area (Å²) < 4.78 is 2.41. The molecule has 1 aromatic carbocycles. The number of benzene rings is 1. The molecule has 1 aromatic heterocycles. The Morgan fingerprint density at radius 2 is 2.07 bits per heavy atom. The van der Waals surface area contributed by atoms with Gasteiger partial charge in [0, 0.05) is 28.8 Å². The van der Waals surface area contributed by atoms with Crippen molar-refractivity contribution in [2.24, 2.45) is 7.05 Å². The highest BCUT2D eigenvalue weighted by molar-refractivity contribution is 9.10. The number of fused-ring (bicyclic) bond motifs is 1. The van der Waals surface area contributed by atoms with E-state index >= 15 is 0 Å². The third-order valence-electron chi connectivity index (χ3n) is 2.22. The Labute approximate surface area is 89.3 Å². The lowest BCUT2D eigenvalue weighted by Gasteiger charge is -2.05. The third kappa shape index (κ3) is 1.23. The number of nitrogens with zero attached hydrogens (tertiary/aromatic N) is 1. The van der Waals surface area contributed by atoms with Crippen molar-refractivity contribution in [1.82, 2.24) is 4.57 Å². The SMILES string of the molecule is Cn1ccc2c(Br)ccc(N)c2c1=O. The molecule has 0 amide bonds. The largest absolute Gasteiger partial charge is 0.398 e. The Morgan fingerprint density at radius 1 is 1.36 bits per heavy atom. The highest BCUT2D eigenvalue weighted by atomic mass is 79.9. The van der Waals surface area contributed by atoms with Gasteiger partial charge in [-0.05, 0) is 18.2 Å². The summed E-state index contributed by atoms with van der Waals surface area (Å²) in [7, 11) is 1.71. The van der Waals surface area contributed by atoms with Crippen molar-refractivity contribution in [2.75, 3.05) is 5.73 Å². The maximum absolute atomic E-state index is 11.8. The Hall–Kier alpha value is -1.29. The van der Waals surface area contributed by atoms with E-state index in [0.29, 0.717) is 11.1 Å². The van der Waals surface area contributed by atoms with Crippen molar-refractivity contribution in [3.63, 3.8) is 0 Å². The lowest BCUT2D eigenvalue weighted by Crippen LogP contribution is -2.16. The molecule has 0 radical (unpaired) electrons. The van der Waals surface area contributed by atoms with Crippen LogP contribution in [0.25, 0.3) is 10.8 Å². The van der Waals surface area contributed by atoms with E-state index in [4.69, 9.17) is 5.73 Å². The van der Waals surface area contributed by atoms with Gasteiger partial charge in [-0.25, -0.2) is 0 Å². The zero-order valence-corrected chi connectivity index (χ0v) is 9.21. The lowest BCUT2D eigenvalue weighted by atomic mass is 10.1. The summed E-state index contributed by atoms with van der Waals surface area (Å²) in [6, 6.07) is 5.45. The summed E-state index contributed by atoms with van der Waals surface area (Å²) in [4.78, 5) is 11.8. The summed E-state index contributed by atoms with van der Waals surface area (Å²) >= 11 is 3.39. The number of nitrogens with two attached hydrogens (primary N) is 1. The van der Waals surface area contributed by atoms with E-state index in [2.05, 4.69) is 15.9 Å². The summed E-state index contributed by atoms with van der Waals surface area (Å²) in [6.07, 6.45) is 1.73. The Kier molecular flexibility index (Phi) is 2.07. The molecular formula is C10H9BrN2O. The molecule has 2 N–H and O–H groups in total. The van der Waals surface area contributed by atoms with Crippen molar-refractivity contribution in [3.05, 3.63) is 39.2 Å². The summed E-state index contributed by atoms with van der Waals surface area (Å²) in [5.41, 5.74) is 6.21. The molecule has 3 nitrogen and oxygen atoms in total. The minimum atomic E-state index is -0.0682. The standard InChI is InChI=1S/C10H9BrN2O/c1-13-5-4-6-7(11)2-3-8(12)9(6)10(13)14/h2-5H,12H2,1H3. The molecule has 2 rings (SSSR count). The fraction of sp³-hybridized carbons (Fsp3) is 0.100. The quantitative estimate of drug-likeness (QED) is 0.729. The number of pyridine rings is 1. The Bertz CT molecular complexity index is 560. The first-order chi connectivity index (χ1) is 6.61. The molecule has 0 saturated carbocycles. The van der Waals surface area contributed by atoms with E-state index in [1.807, 2.05) is 12.1 Å². The van der Waals surface area contributed by atoms with Gasteiger partial charge in [0.05, 0.1) is 5.39 Å². The van der Waals surface area contributed by atoms with Crippen molar-refractivity contribution in [1.29, 1.82) is 0 Å². The van der Waals surface area contributed by atoms with Gasteiger partial charge in [0.15, 0.2) is 0 Å². The van der Waals surface area contributed by atoms with Crippen LogP contribution in [0.5, 0.6) is 0 Å². The minimum absolute atomic E-state index is 0.0682. The average molecular weight is 253 g/mol. The zero-order valence-electron chi connectivity index (χ0n) is 7.62. The van der Waals surface area contributed by atoms with E-state index in [1.165, 1.54) is 4.57 Å². The van der Waals surface area contributed by atoms with Crippen LogP contribution in [0.3, 0.4) is 0 Å². The first-order valence-electron chi connectivity index (χ1n) is 4.14. The second-order valence-electron chi connectivity index (χ2n) is 3.16. The van der Waals surface area contributed by atoms with Gasteiger partial charge in [-0.1, -0.05) is 15.9 Å². The molecule has 0 aliphatic rings. The maximum Gasteiger partial charge on any atom is 0.260 e. The number of rotatable bonds is 0. The minimum Gasteiger partial charge on any atom is -0.398 e. The van der Waals surface area contributed by atoms with E-state index in [-0.39, 0.29) is 5.56 Å². The molecule has 0 aliphatic carbocycles. The van der Waals surface area contributed by atoms with Gasteiger partial charge in [-0.2, -0.15) is 0 Å². The fourth-order valence-electron chi connectivity index (χ4n) is 1.44. The van der Waals surface area contributed by atoms with Crippen LogP contribution in [0.4, 0.5) is 5.69 Å². The molecule has 0 aliphatic heterocycles. The molecule has 0 bridgehead atoms. The van der Waals surface area contributed by atoms with Crippen LogP contribution in [0.1, 0.15) is 0 Å². The number of aryl methyl sites for hydroxylation is 1. The number of hydrogen-bond donors (Lipinski definition) is 1. The molecule has 0 spiro atoms. The Balaban J connectivity index is 3.09. The summed E-state index contributed by atoms with van der Waals surface area (Å²) in [5.74, 6) is 0. The molecule has 0 atom stereocenters. The van der Waals surface area contributed by atoms with E-state index in [9.17, 15) is 4.79 Å². The summed E-state index contributed by atoms with van der Waals surface area (Å²) in [6.45, 7) is 0. The second kappa shape index (κ2) is 3.13. The van der Waals surface area contributed by atoms with Crippen LogP contribution >= 0.6 is 15.9 Å². The number of hydrogen-bond acceptors (Lipinski definition) is 2. The molecule has 1 heterocycles. The van der Waals surface area contributed by atoms with Crippen molar-refractivity contribution < 1.29 is 0 Å². The molecule has 72 valence electrons. The first-order valence-corrected chi connectivity index (χ1v) is 4.94.